The van der Waals surface area contributed by atoms with Crippen molar-refractivity contribution < 1.29 is 19.1 Å². The first-order valence-corrected chi connectivity index (χ1v) is 11.2. The van der Waals surface area contributed by atoms with E-state index >= 15 is 0 Å². The molecule has 6 nitrogen and oxygen atoms in total. The van der Waals surface area contributed by atoms with E-state index in [1.165, 1.54) is 32.1 Å². The Morgan fingerprint density at radius 2 is 1.79 bits per heavy atom. The third-order valence-electron chi connectivity index (χ3n) is 7.22. The molecule has 1 N–H and O–H groups in total. The van der Waals surface area contributed by atoms with Crippen molar-refractivity contribution in [1.29, 1.82) is 0 Å². The van der Waals surface area contributed by atoms with E-state index in [-0.39, 0.29) is 30.2 Å². The molecule has 156 valence electrons. The van der Waals surface area contributed by atoms with E-state index in [9.17, 15) is 9.59 Å². The molecule has 0 bridgehead atoms. The Balaban J connectivity index is 1.20. The van der Waals surface area contributed by atoms with Gasteiger partial charge in [-0.15, -0.1) is 0 Å². The van der Waals surface area contributed by atoms with Gasteiger partial charge in [0.25, 0.3) is 0 Å². The molecule has 3 fully saturated rings. The number of anilines is 1. The van der Waals surface area contributed by atoms with Crippen LogP contribution >= 0.6 is 0 Å². The van der Waals surface area contributed by atoms with Gasteiger partial charge in [-0.05, 0) is 43.2 Å². The predicted octanol–water partition coefficient (Wildman–Crippen LogP) is 3.29. The summed E-state index contributed by atoms with van der Waals surface area (Å²) in [7, 11) is 0. The molecule has 6 heteroatoms. The van der Waals surface area contributed by atoms with E-state index in [1.807, 2.05) is 18.2 Å². The second-order valence-corrected chi connectivity index (χ2v) is 9.06. The van der Waals surface area contributed by atoms with Crippen LogP contribution in [0.4, 0.5) is 5.69 Å². The summed E-state index contributed by atoms with van der Waals surface area (Å²) in [5.74, 6) is 2.78. The molecule has 2 heterocycles. The molecule has 2 saturated carbocycles. The summed E-state index contributed by atoms with van der Waals surface area (Å²) in [4.78, 5) is 27.2. The molecule has 5 rings (SSSR count). The van der Waals surface area contributed by atoms with Crippen molar-refractivity contribution in [2.24, 2.45) is 17.8 Å². The van der Waals surface area contributed by atoms with Gasteiger partial charge in [-0.1, -0.05) is 25.7 Å². The molecule has 1 aromatic carbocycles. The van der Waals surface area contributed by atoms with Crippen molar-refractivity contribution in [1.82, 2.24) is 5.32 Å². The molecule has 0 radical (unpaired) electrons. The summed E-state index contributed by atoms with van der Waals surface area (Å²) >= 11 is 0. The maximum absolute atomic E-state index is 12.9. The van der Waals surface area contributed by atoms with E-state index in [2.05, 4.69) is 5.32 Å². The van der Waals surface area contributed by atoms with Crippen LogP contribution < -0.4 is 19.7 Å². The number of carbonyl (C=O) groups is 2. The maximum atomic E-state index is 12.9. The number of fused-ring (bicyclic) bond motifs is 2. The zero-order valence-corrected chi connectivity index (χ0v) is 16.9. The average Bonchev–Trinajstić information content (AvgIpc) is 3.15. The first kappa shape index (κ1) is 18.8. The van der Waals surface area contributed by atoms with Gasteiger partial charge in [-0.2, -0.15) is 0 Å². The minimum Gasteiger partial charge on any atom is -0.486 e. The molecule has 1 saturated heterocycles. The van der Waals surface area contributed by atoms with Gasteiger partial charge in [0.15, 0.2) is 11.5 Å². The molecule has 4 aliphatic rings. The highest BCUT2D eigenvalue weighted by Crippen LogP contribution is 2.41. The van der Waals surface area contributed by atoms with Crippen LogP contribution in [0, 0.1) is 17.8 Å². The Morgan fingerprint density at radius 3 is 2.66 bits per heavy atom. The van der Waals surface area contributed by atoms with Crippen LogP contribution in [0.15, 0.2) is 18.2 Å². The third-order valence-corrected chi connectivity index (χ3v) is 7.22. The standard InChI is InChI=1S/C23H30N2O4/c26-22-12-17(14-25(22)19-7-8-20-21(13-19)29-10-9-28-20)23(27)24-18-6-5-15-3-1-2-4-16(15)11-18/h7-8,13,15-18H,1-6,9-12,14H2,(H,24,27)/t15-,16+,17+,18+/m0/s1. The summed E-state index contributed by atoms with van der Waals surface area (Å²) in [6.07, 6.45) is 9.11. The molecule has 2 aliphatic carbocycles. The second-order valence-electron chi connectivity index (χ2n) is 9.06. The minimum absolute atomic E-state index is 0.00202. The fourth-order valence-electron chi connectivity index (χ4n) is 5.66. The SMILES string of the molecule is O=C(N[C@@H]1CC[C@@H]2CCCC[C@@H]2C1)[C@@H]1CC(=O)N(c2ccc3c(c2)OCCO3)C1. The van der Waals surface area contributed by atoms with Crippen LogP contribution in [-0.2, 0) is 9.59 Å². The molecule has 4 atom stereocenters. The average molecular weight is 399 g/mol. The zero-order valence-electron chi connectivity index (χ0n) is 16.9. The van der Waals surface area contributed by atoms with Crippen LogP contribution in [-0.4, -0.2) is 37.6 Å². The molecule has 0 spiro atoms. The number of hydrogen-bond acceptors (Lipinski definition) is 4. The van der Waals surface area contributed by atoms with Crippen LogP contribution in [0.2, 0.25) is 0 Å². The van der Waals surface area contributed by atoms with Gasteiger partial charge in [0.05, 0.1) is 5.92 Å². The summed E-state index contributed by atoms with van der Waals surface area (Å²) < 4.78 is 11.2. The Hall–Kier alpha value is -2.24. The minimum atomic E-state index is -0.278. The van der Waals surface area contributed by atoms with Crippen molar-refractivity contribution in [2.45, 2.75) is 57.4 Å². The first-order chi connectivity index (χ1) is 14.2. The highest BCUT2D eigenvalue weighted by atomic mass is 16.6. The highest BCUT2D eigenvalue weighted by molar-refractivity contribution is 6.00. The lowest BCUT2D eigenvalue weighted by Gasteiger charge is -2.39. The predicted molar refractivity (Wildman–Crippen MR) is 109 cm³/mol. The Labute approximate surface area is 171 Å². The van der Waals surface area contributed by atoms with Gasteiger partial charge in [0.1, 0.15) is 13.2 Å². The van der Waals surface area contributed by atoms with Gasteiger partial charge in [-0.3, -0.25) is 9.59 Å². The summed E-state index contributed by atoms with van der Waals surface area (Å²) in [6.45, 7) is 1.49. The Bertz CT molecular complexity index is 795. The fourth-order valence-corrected chi connectivity index (χ4v) is 5.66. The van der Waals surface area contributed by atoms with Crippen molar-refractivity contribution >= 4 is 17.5 Å². The summed E-state index contributed by atoms with van der Waals surface area (Å²) in [5.41, 5.74) is 0.775. The molecule has 2 aliphatic heterocycles. The van der Waals surface area contributed by atoms with Gasteiger partial charge in [-0.25, -0.2) is 0 Å². The molecular formula is C23H30N2O4. The molecule has 0 unspecified atom stereocenters. The zero-order chi connectivity index (χ0) is 19.8. The van der Waals surface area contributed by atoms with Crippen LogP contribution in [0.3, 0.4) is 0 Å². The number of ether oxygens (including phenoxy) is 2. The maximum Gasteiger partial charge on any atom is 0.227 e. The monoisotopic (exact) mass is 398 g/mol. The van der Waals surface area contributed by atoms with E-state index in [4.69, 9.17) is 9.47 Å². The number of carbonyl (C=O) groups excluding carboxylic acids is 2. The lowest BCUT2D eigenvalue weighted by Crippen LogP contribution is -2.44. The van der Waals surface area contributed by atoms with E-state index in [1.54, 1.807) is 4.90 Å². The van der Waals surface area contributed by atoms with Crippen molar-refractivity contribution in [2.75, 3.05) is 24.7 Å². The number of amides is 2. The number of hydrogen-bond donors (Lipinski definition) is 1. The summed E-state index contributed by atoms with van der Waals surface area (Å²) in [5, 5.41) is 3.27. The molecule has 1 aromatic rings. The second kappa shape index (κ2) is 7.88. The number of nitrogens with one attached hydrogen (secondary N) is 1. The van der Waals surface area contributed by atoms with Crippen molar-refractivity contribution in [3.05, 3.63) is 18.2 Å². The van der Waals surface area contributed by atoms with Crippen LogP contribution in [0.25, 0.3) is 0 Å². The molecule has 2 amide bonds. The van der Waals surface area contributed by atoms with Gasteiger partial charge in [0, 0.05) is 30.8 Å². The van der Waals surface area contributed by atoms with Gasteiger partial charge in [0.2, 0.25) is 11.8 Å². The lowest BCUT2D eigenvalue weighted by atomic mass is 9.69. The molecule has 0 aromatic heterocycles. The van der Waals surface area contributed by atoms with E-state index < -0.39 is 0 Å². The van der Waals surface area contributed by atoms with Gasteiger partial charge >= 0.3 is 0 Å². The number of benzene rings is 1. The van der Waals surface area contributed by atoms with Crippen LogP contribution in [0.1, 0.15) is 51.4 Å². The fraction of sp³-hybridized carbons (Fsp3) is 0.652. The number of nitrogens with zero attached hydrogens (tertiary/aromatic N) is 1. The van der Waals surface area contributed by atoms with E-state index in [0.29, 0.717) is 31.3 Å². The van der Waals surface area contributed by atoms with Crippen LogP contribution in [0.5, 0.6) is 11.5 Å². The smallest absolute Gasteiger partial charge is 0.227 e. The van der Waals surface area contributed by atoms with Crippen molar-refractivity contribution in [3.8, 4) is 11.5 Å². The highest BCUT2D eigenvalue weighted by Gasteiger charge is 2.38. The normalized spacial score (nSPS) is 31.3. The molecular weight excluding hydrogens is 368 g/mol. The third kappa shape index (κ3) is 3.81. The first-order valence-electron chi connectivity index (χ1n) is 11.2. The molecule has 29 heavy (non-hydrogen) atoms. The Morgan fingerprint density at radius 1 is 1.00 bits per heavy atom. The lowest BCUT2D eigenvalue weighted by molar-refractivity contribution is -0.127. The topological polar surface area (TPSA) is 67.9 Å². The van der Waals surface area contributed by atoms with Crippen molar-refractivity contribution in [3.63, 3.8) is 0 Å². The quantitative estimate of drug-likeness (QED) is 0.848. The Kier molecular flexibility index (Phi) is 5.10. The number of rotatable bonds is 3. The van der Waals surface area contributed by atoms with E-state index in [0.717, 1.165) is 30.4 Å². The van der Waals surface area contributed by atoms with Gasteiger partial charge < -0.3 is 19.7 Å². The summed E-state index contributed by atoms with van der Waals surface area (Å²) in [6, 6.07) is 5.83. The largest absolute Gasteiger partial charge is 0.486 e.